The number of rotatable bonds is 24. The summed E-state index contributed by atoms with van der Waals surface area (Å²) in [5, 5.41) is 43.1. The van der Waals surface area contributed by atoms with Crippen molar-refractivity contribution in [2.45, 2.75) is 193 Å². The van der Waals surface area contributed by atoms with Gasteiger partial charge in [-0.2, -0.15) is 0 Å². The molecule has 0 unspecified atom stereocenters. The van der Waals surface area contributed by atoms with Crippen LogP contribution in [0.4, 0.5) is 37.7 Å². The second-order valence-corrected chi connectivity index (χ2v) is 39.3. The molecule has 31 nitrogen and oxygen atoms in total. The number of carbonyl (C=O) groups excluding carboxylic acids is 1. The predicted molar refractivity (Wildman–Crippen MR) is 553 cm³/mol. The van der Waals surface area contributed by atoms with E-state index in [0.29, 0.717) is 119 Å². The molecule has 5 N–H and O–H groups in total. The molecule has 0 fully saturated rings. The fraction of sp³-hybridized carbons (Fsp3) is 0.280. The Balaban J connectivity index is 0.000000165. The van der Waals surface area contributed by atoms with Gasteiger partial charge in [0.1, 0.15) is 65.8 Å². The molecule has 16 rings (SSSR count). The molecule has 0 amide bonds. The lowest BCUT2D eigenvalue weighted by Gasteiger charge is -2.23. The van der Waals surface area contributed by atoms with Crippen molar-refractivity contribution < 1.29 is 51.6 Å². The minimum absolute atomic E-state index is 0.000237. The van der Waals surface area contributed by atoms with E-state index in [4.69, 9.17) is 46.4 Å². The Hall–Kier alpha value is -14.8. The zero-order valence-electron chi connectivity index (χ0n) is 84.5. The van der Waals surface area contributed by atoms with Crippen molar-refractivity contribution in [3.8, 4) is 68.3 Å². The van der Waals surface area contributed by atoms with Crippen LogP contribution in [0.5, 0.6) is 0 Å². The highest BCUT2D eigenvalue weighted by molar-refractivity contribution is 6.34. The number of ketones is 1. The largest absolute Gasteiger partial charge is 0.382 e. The van der Waals surface area contributed by atoms with Gasteiger partial charge in [0.15, 0.2) is 29.1 Å². The Morgan fingerprint density at radius 2 is 0.662 bits per heavy atom. The topological polar surface area (TPSA) is 407 Å². The molecule has 0 radical (unpaired) electrons. The van der Waals surface area contributed by atoms with Crippen molar-refractivity contribution in [2.24, 2.45) is 0 Å². The molecule has 41 heteroatoms. The molecule has 0 atom stereocenters. The normalized spacial score (nSPS) is 11.7. The second-order valence-electron chi connectivity index (χ2n) is 37.8. The molecule has 16 aromatic rings. The van der Waals surface area contributed by atoms with Crippen molar-refractivity contribution in [3.63, 3.8) is 0 Å². The molecule has 766 valence electrons. The minimum atomic E-state index is -3.66. The highest BCUT2D eigenvalue weighted by atomic mass is 35.5. The lowest BCUT2D eigenvalue weighted by molar-refractivity contribution is -0.00586. The summed E-state index contributed by atoms with van der Waals surface area (Å²) in [6.07, 6.45) is 17.1. The summed E-state index contributed by atoms with van der Waals surface area (Å²) in [7, 11) is 1.73. The Labute approximate surface area is 866 Å². The van der Waals surface area contributed by atoms with Gasteiger partial charge in [0.2, 0.25) is 0 Å². The van der Waals surface area contributed by atoms with Gasteiger partial charge in [0, 0.05) is 115 Å². The van der Waals surface area contributed by atoms with Crippen molar-refractivity contribution in [1.29, 1.82) is 0 Å². The third kappa shape index (κ3) is 25.2. The van der Waals surface area contributed by atoms with Crippen LogP contribution in [-0.4, -0.2) is 131 Å². The maximum absolute atomic E-state index is 15.3. The fourth-order valence-corrected chi connectivity index (χ4v) is 16.5. The molecule has 0 aliphatic heterocycles. The molecule has 0 aliphatic rings. The van der Waals surface area contributed by atoms with E-state index < -0.39 is 102 Å². The number of aryl methyl sites for hydroxylation is 12. The standard InChI is InChI=1S/C27H25ClF3N5O2.C27H28ClFN6O2.C27H25ClFN5O3.C26H26ClFN6O2/c1-14-8-18(29)21(33-12-14)11-27(30,31)17-9-16(3)36(24(37)23(17)28)22-10-20(34-13-15(22)2)19-6-7-32-25(35-19)26(4,5)38;1-15-9-18(29)21(31-12-15)14-34(6)23-10-17(3)35(25(36)24(23)28)22-11-20(32-13-16(22)2)19-7-8-30-26(33-19)27(4,5)37;1-14-8-18(29)20(31-12-14)11-23(35)17-9-16(3)34(25(36)24(17)28)22-10-21(32-13-15(22)2)19-6-7-30-26(33-19)27(4,5)37;1-14-8-17(28)21(30-11-14)13-32-20-9-16(3)34(24(35)23(20)27)22-10-19(31-12-15(22)2)18-6-7-29-25(33-18)26(4,5)36/h6-10,12-13,38H,11H2,1-5H3;7-13,37H,14H2,1-6H3;6-10,12-13,37H,11H2,1-5H3;6-12,32,36H,13H2,1-5H3. The van der Waals surface area contributed by atoms with Gasteiger partial charge in [-0.1, -0.05) is 46.4 Å². The summed E-state index contributed by atoms with van der Waals surface area (Å²) in [6.45, 7) is 33.7. The number of carbonyl (C=O) groups is 1. The van der Waals surface area contributed by atoms with Gasteiger partial charge in [0.05, 0.1) is 128 Å². The maximum Gasteiger partial charge on any atom is 0.280 e. The van der Waals surface area contributed by atoms with E-state index in [0.717, 1.165) is 34.4 Å². The fourth-order valence-electron chi connectivity index (χ4n) is 15.5. The van der Waals surface area contributed by atoms with Crippen molar-refractivity contribution in [1.82, 2.24) is 98.0 Å². The van der Waals surface area contributed by atoms with Crippen LogP contribution in [0.1, 0.15) is 185 Å². The number of alkyl halides is 2. The average molecular weight is 2100 g/mol. The molecule has 16 aromatic heterocycles. The van der Waals surface area contributed by atoms with Crippen LogP contribution in [-0.2, 0) is 54.3 Å². The lowest BCUT2D eigenvalue weighted by atomic mass is 10.0. The minimum Gasteiger partial charge on any atom is -0.382 e. The number of Topliss-reactive ketones (excluding diaryl/α,β-unsaturated/α-hetero) is 1. The van der Waals surface area contributed by atoms with E-state index in [1.165, 1.54) is 80.4 Å². The van der Waals surface area contributed by atoms with Gasteiger partial charge in [-0.05, 0) is 280 Å². The Bertz CT molecular complexity index is 8130. The highest BCUT2D eigenvalue weighted by Gasteiger charge is 2.39. The molecular weight excluding hydrogens is 1990 g/mol. The number of halogens is 10. The molecule has 0 aliphatic carbocycles. The van der Waals surface area contributed by atoms with Crippen molar-refractivity contribution in [3.05, 3.63) is 381 Å². The van der Waals surface area contributed by atoms with Gasteiger partial charge >= 0.3 is 0 Å². The first-order valence-electron chi connectivity index (χ1n) is 46.0. The highest BCUT2D eigenvalue weighted by Crippen LogP contribution is 2.39. The average Bonchev–Trinajstić information content (AvgIpc) is 0.761. The Kier molecular flexibility index (Phi) is 33.2. The summed E-state index contributed by atoms with van der Waals surface area (Å²) in [6, 6.07) is 24.8. The SMILES string of the molecule is Cc1cnc(CC(=O)c2cc(C)n(-c3cc(-c4ccnc(C(C)(C)O)n4)ncc3C)c(=O)c2Cl)c(F)c1.Cc1cnc(CC(F)(F)c2cc(C)n(-c3cc(-c4ccnc(C(C)(C)O)n4)ncc3C)c(=O)c2Cl)c(F)c1.Cc1cnc(CN(C)c2cc(C)n(-c3cc(-c4ccnc(C(C)(C)O)n4)ncc3C)c(=O)c2Cl)c(F)c1.Cc1cnc(CNc2cc(C)n(-c3cc(-c4ccnc(C(C)(C)O)n4)ncc3C)c(=O)c2Cl)c(F)c1. The third-order valence-electron chi connectivity index (χ3n) is 23.3. The molecule has 16 heterocycles. The van der Waals surface area contributed by atoms with Crippen LogP contribution in [0.3, 0.4) is 0 Å². The summed E-state index contributed by atoms with van der Waals surface area (Å²) in [5.74, 6) is -5.53. The zero-order chi connectivity index (χ0) is 108. The van der Waals surface area contributed by atoms with Gasteiger partial charge < -0.3 is 30.6 Å². The monoisotopic (exact) mass is 2090 g/mol. The van der Waals surface area contributed by atoms with Crippen molar-refractivity contribution >= 4 is 63.6 Å². The number of anilines is 2. The van der Waals surface area contributed by atoms with E-state index in [-0.39, 0.29) is 86.2 Å². The van der Waals surface area contributed by atoms with E-state index >= 15 is 8.78 Å². The van der Waals surface area contributed by atoms with Gasteiger partial charge in [-0.3, -0.25) is 82.1 Å². The predicted octanol–water partition coefficient (Wildman–Crippen LogP) is 19.1. The van der Waals surface area contributed by atoms with Crippen LogP contribution in [0.25, 0.3) is 68.3 Å². The Morgan fingerprint density at radius 1 is 0.358 bits per heavy atom. The number of hydrogen-bond donors (Lipinski definition) is 5. The molecule has 0 saturated heterocycles. The van der Waals surface area contributed by atoms with E-state index in [9.17, 15) is 62.0 Å². The van der Waals surface area contributed by atoms with E-state index in [1.54, 1.807) is 234 Å². The number of hydrogen-bond acceptors (Lipinski definition) is 27. The first-order chi connectivity index (χ1) is 69.4. The third-order valence-corrected chi connectivity index (χ3v) is 24.8. The number of aromatic nitrogens is 20. The van der Waals surface area contributed by atoms with Crippen LogP contribution in [0, 0.1) is 106 Å². The van der Waals surface area contributed by atoms with E-state index in [1.807, 2.05) is 13.8 Å². The van der Waals surface area contributed by atoms with Gasteiger partial charge in [-0.25, -0.2) is 66.2 Å². The summed E-state index contributed by atoms with van der Waals surface area (Å²) in [4.78, 5) is 136. The first-order valence-corrected chi connectivity index (χ1v) is 47.5. The molecule has 148 heavy (non-hydrogen) atoms. The lowest BCUT2D eigenvalue weighted by Crippen LogP contribution is -2.28. The van der Waals surface area contributed by atoms with E-state index in [2.05, 4.69) is 85.1 Å². The smallest absolute Gasteiger partial charge is 0.280 e. The molecular formula is C107H104Cl4F6N22O9. The summed E-state index contributed by atoms with van der Waals surface area (Å²) < 4.78 is 93.2. The number of aliphatic hydroxyl groups is 4. The van der Waals surface area contributed by atoms with Crippen molar-refractivity contribution in [2.75, 3.05) is 17.3 Å². The molecule has 0 saturated carbocycles. The molecule has 0 spiro atoms. The van der Waals surface area contributed by atoms with Crippen LogP contribution >= 0.6 is 46.4 Å². The number of nitrogens with zero attached hydrogens (tertiary/aromatic N) is 21. The molecule has 0 bridgehead atoms. The van der Waals surface area contributed by atoms with Gasteiger partial charge in [-0.15, -0.1) is 0 Å². The van der Waals surface area contributed by atoms with Crippen LogP contribution in [0.15, 0.2) is 191 Å². The van der Waals surface area contributed by atoms with Crippen LogP contribution in [0.2, 0.25) is 20.1 Å². The maximum atomic E-state index is 15.3. The summed E-state index contributed by atoms with van der Waals surface area (Å²) >= 11 is 25.6. The number of pyridine rings is 12. The quantitative estimate of drug-likeness (QED) is 0.0277. The first kappa shape index (κ1) is 110. The zero-order valence-corrected chi connectivity index (χ0v) is 87.5. The van der Waals surface area contributed by atoms with Gasteiger partial charge in [0.25, 0.3) is 28.2 Å². The van der Waals surface area contributed by atoms with Crippen LogP contribution < -0.4 is 32.5 Å². The summed E-state index contributed by atoms with van der Waals surface area (Å²) in [5.41, 5.74) is 5.93. The Morgan fingerprint density at radius 3 is 1.01 bits per heavy atom. The number of nitrogens with one attached hydrogen (secondary N) is 1. The molecule has 0 aromatic carbocycles. The second kappa shape index (κ2) is 44.5.